The predicted molar refractivity (Wildman–Crippen MR) is 115 cm³/mol. The number of esters is 1. The summed E-state index contributed by atoms with van der Waals surface area (Å²) < 4.78 is 35.7. The molecule has 1 fully saturated rings. The van der Waals surface area contributed by atoms with Crippen LogP contribution in [0.1, 0.15) is 24.1 Å². The summed E-state index contributed by atoms with van der Waals surface area (Å²) in [5.41, 5.74) is 1.51. The van der Waals surface area contributed by atoms with Gasteiger partial charge in [-0.1, -0.05) is 18.2 Å². The second-order valence-corrected chi connectivity index (χ2v) is 9.63. The molecular weight excluding hydrogens is 414 g/mol. The minimum Gasteiger partial charge on any atom is -0.459 e. The van der Waals surface area contributed by atoms with Crippen molar-refractivity contribution >= 4 is 15.8 Å². The second-order valence-electron chi connectivity index (χ2n) is 7.60. The SMILES string of the molecule is O=C(Cc1ccc(Oc2ccc(S(=O)(=O)CC3CC3)cc2)cc1)OCc1ccccn1. The lowest BCUT2D eigenvalue weighted by molar-refractivity contribution is -0.144. The van der Waals surface area contributed by atoms with Crippen LogP contribution in [-0.2, 0) is 32.4 Å². The van der Waals surface area contributed by atoms with Gasteiger partial charge in [-0.3, -0.25) is 9.78 Å². The minimum absolute atomic E-state index is 0.146. The van der Waals surface area contributed by atoms with Crippen molar-refractivity contribution in [3.8, 4) is 11.5 Å². The molecule has 0 N–H and O–H groups in total. The molecule has 7 heteroatoms. The minimum atomic E-state index is -3.23. The van der Waals surface area contributed by atoms with Crippen molar-refractivity contribution in [2.75, 3.05) is 5.75 Å². The van der Waals surface area contributed by atoms with E-state index in [1.54, 1.807) is 66.9 Å². The maximum absolute atomic E-state index is 12.3. The zero-order valence-electron chi connectivity index (χ0n) is 16.9. The van der Waals surface area contributed by atoms with Crippen LogP contribution in [0.5, 0.6) is 11.5 Å². The fourth-order valence-electron chi connectivity index (χ4n) is 3.07. The van der Waals surface area contributed by atoms with E-state index in [1.165, 1.54) is 0 Å². The van der Waals surface area contributed by atoms with E-state index in [1.807, 2.05) is 6.07 Å². The molecule has 2 aromatic carbocycles. The van der Waals surface area contributed by atoms with Crippen molar-refractivity contribution in [1.29, 1.82) is 0 Å². The Bertz CT molecular complexity index is 1120. The molecule has 1 saturated carbocycles. The maximum Gasteiger partial charge on any atom is 0.310 e. The summed E-state index contributed by atoms with van der Waals surface area (Å²) >= 11 is 0. The molecule has 4 rings (SSSR count). The Balaban J connectivity index is 1.29. The van der Waals surface area contributed by atoms with Crippen molar-refractivity contribution in [3.63, 3.8) is 0 Å². The van der Waals surface area contributed by atoms with Crippen LogP contribution in [0, 0.1) is 5.92 Å². The normalized spacial score (nSPS) is 13.5. The standard InChI is InChI=1S/C24H23NO5S/c26-24(29-16-20-3-1-2-14-25-20)15-18-6-8-21(9-7-18)30-22-10-12-23(13-11-22)31(27,28)17-19-4-5-19/h1-3,6-14,19H,4-5,15-17H2. The van der Waals surface area contributed by atoms with Crippen LogP contribution in [0.2, 0.25) is 0 Å². The number of carbonyl (C=O) groups excluding carboxylic acids is 1. The Labute approximate surface area is 181 Å². The Morgan fingerprint density at radius 1 is 0.935 bits per heavy atom. The van der Waals surface area contributed by atoms with Crippen molar-refractivity contribution in [1.82, 2.24) is 4.98 Å². The van der Waals surface area contributed by atoms with Crippen LogP contribution in [0.4, 0.5) is 0 Å². The summed E-state index contributed by atoms with van der Waals surface area (Å²) in [6.07, 6.45) is 3.81. The van der Waals surface area contributed by atoms with Crippen LogP contribution in [0.15, 0.2) is 77.8 Å². The van der Waals surface area contributed by atoms with Crippen LogP contribution < -0.4 is 4.74 Å². The van der Waals surface area contributed by atoms with Gasteiger partial charge >= 0.3 is 5.97 Å². The van der Waals surface area contributed by atoms with Crippen LogP contribution in [-0.4, -0.2) is 25.1 Å². The molecule has 1 aliphatic rings. The lowest BCUT2D eigenvalue weighted by Gasteiger charge is -2.09. The molecular formula is C24H23NO5S. The highest BCUT2D eigenvalue weighted by atomic mass is 32.2. The number of hydrogen-bond acceptors (Lipinski definition) is 6. The molecule has 0 bridgehead atoms. The molecule has 3 aromatic rings. The molecule has 0 aliphatic heterocycles. The van der Waals surface area contributed by atoms with Crippen molar-refractivity contribution in [2.45, 2.75) is 30.8 Å². The zero-order chi connectivity index (χ0) is 21.7. The lowest BCUT2D eigenvalue weighted by atomic mass is 10.1. The Morgan fingerprint density at radius 2 is 1.61 bits per heavy atom. The first-order chi connectivity index (χ1) is 15.0. The highest BCUT2D eigenvalue weighted by molar-refractivity contribution is 7.91. The molecule has 1 aliphatic carbocycles. The molecule has 0 unspecified atom stereocenters. The van der Waals surface area contributed by atoms with E-state index in [0.717, 1.165) is 18.4 Å². The molecule has 1 aromatic heterocycles. The summed E-state index contributed by atoms with van der Waals surface area (Å²) in [4.78, 5) is 16.5. The number of ether oxygens (including phenoxy) is 2. The van der Waals surface area contributed by atoms with Gasteiger partial charge in [0.15, 0.2) is 9.84 Å². The first-order valence-electron chi connectivity index (χ1n) is 10.1. The molecule has 0 saturated heterocycles. The number of benzene rings is 2. The average Bonchev–Trinajstić information content (AvgIpc) is 3.58. The molecule has 0 amide bonds. The van der Waals surface area contributed by atoms with Crippen LogP contribution >= 0.6 is 0 Å². The second kappa shape index (κ2) is 9.31. The van der Waals surface area contributed by atoms with Crippen LogP contribution in [0.25, 0.3) is 0 Å². The number of aromatic nitrogens is 1. The average molecular weight is 438 g/mol. The van der Waals surface area contributed by atoms with Crippen molar-refractivity contribution in [2.24, 2.45) is 5.92 Å². The number of carbonyl (C=O) groups is 1. The van der Waals surface area contributed by atoms with Gasteiger partial charge in [0.1, 0.15) is 18.1 Å². The summed E-state index contributed by atoms with van der Waals surface area (Å²) in [6.45, 7) is 0.146. The van der Waals surface area contributed by atoms with Gasteiger partial charge in [-0.25, -0.2) is 8.42 Å². The van der Waals surface area contributed by atoms with E-state index >= 15 is 0 Å². The van der Waals surface area contributed by atoms with Crippen molar-refractivity contribution in [3.05, 3.63) is 84.2 Å². The molecule has 0 radical (unpaired) electrons. The molecule has 1 heterocycles. The molecule has 6 nitrogen and oxygen atoms in total. The molecule has 0 spiro atoms. The Hall–Kier alpha value is -3.19. The fraction of sp³-hybridized carbons (Fsp3) is 0.250. The third kappa shape index (κ3) is 6.15. The van der Waals surface area contributed by atoms with E-state index < -0.39 is 9.84 Å². The fourth-order valence-corrected chi connectivity index (χ4v) is 4.77. The summed E-state index contributed by atoms with van der Waals surface area (Å²) in [7, 11) is -3.23. The third-order valence-electron chi connectivity index (χ3n) is 4.95. The lowest BCUT2D eigenvalue weighted by Crippen LogP contribution is -2.08. The first-order valence-corrected chi connectivity index (χ1v) is 11.8. The molecule has 31 heavy (non-hydrogen) atoms. The predicted octanol–water partition coefficient (Wildman–Crippen LogP) is 4.34. The van der Waals surface area contributed by atoms with E-state index in [4.69, 9.17) is 9.47 Å². The van der Waals surface area contributed by atoms with Gasteiger partial charge < -0.3 is 9.47 Å². The molecule has 160 valence electrons. The summed E-state index contributed by atoms with van der Waals surface area (Å²) in [5, 5.41) is 0. The smallest absolute Gasteiger partial charge is 0.310 e. The molecule has 0 atom stereocenters. The number of hydrogen-bond donors (Lipinski definition) is 0. The number of sulfone groups is 1. The Kier molecular flexibility index (Phi) is 6.32. The highest BCUT2D eigenvalue weighted by Gasteiger charge is 2.28. The van der Waals surface area contributed by atoms with Gasteiger partial charge in [0.05, 0.1) is 22.8 Å². The first kappa shape index (κ1) is 21.1. The summed E-state index contributed by atoms with van der Waals surface area (Å²) in [6, 6.07) is 19.0. The van der Waals surface area contributed by atoms with Crippen LogP contribution in [0.3, 0.4) is 0 Å². The number of nitrogens with zero attached hydrogens (tertiary/aromatic N) is 1. The van der Waals surface area contributed by atoms with E-state index in [-0.39, 0.29) is 24.7 Å². The highest BCUT2D eigenvalue weighted by Crippen LogP contribution is 2.32. The Morgan fingerprint density at radius 3 is 2.23 bits per heavy atom. The van der Waals surface area contributed by atoms with Gasteiger partial charge in [-0.15, -0.1) is 0 Å². The van der Waals surface area contributed by atoms with Gasteiger partial charge in [-0.2, -0.15) is 0 Å². The van der Waals surface area contributed by atoms with E-state index in [0.29, 0.717) is 28.0 Å². The zero-order valence-corrected chi connectivity index (χ0v) is 17.8. The van der Waals surface area contributed by atoms with Gasteiger partial charge in [0.25, 0.3) is 0 Å². The monoisotopic (exact) mass is 437 g/mol. The van der Waals surface area contributed by atoms with Gasteiger partial charge in [-0.05, 0) is 72.9 Å². The number of pyridine rings is 1. The van der Waals surface area contributed by atoms with Crippen molar-refractivity contribution < 1.29 is 22.7 Å². The van der Waals surface area contributed by atoms with E-state index in [9.17, 15) is 13.2 Å². The largest absolute Gasteiger partial charge is 0.459 e. The van der Waals surface area contributed by atoms with E-state index in [2.05, 4.69) is 4.98 Å². The maximum atomic E-state index is 12.3. The topological polar surface area (TPSA) is 82.6 Å². The quantitative estimate of drug-likeness (QED) is 0.463. The van der Waals surface area contributed by atoms with Gasteiger partial charge in [0, 0.05) is 6.20 Å². The summed E-state index contributed by atoms with van der Waals surface area (Å²) in [5.74, 6) is 1.35. The number of rotatable bonds is 9. The third-order valence-corrected chi connectivity index (χ3v) is 6.85. The van der Waals surface area contributed by atoms with Gasteiger partial charge in [0.2, 0.25) is 0 Å².